The van der Waals surface area contributed by atoms with Gasteiger partial charge in [0.2, 0.25) is 11.8 Å². The molecule has 5 rings (SSSR count). The minimum absolute atomic E-state index is 0.0612. The van der Waals surface area contributed by atoms with Crippen LogP contribution in [0.4, 0.5) is 0 Å². The van der Waals surface area contributed by atoms with Gasteiger partial charge in [0, 0.05) is 5.41 Å². The third-order valence-electron chi connectivity index (χ3n) is 7.21. The van der Waals surface area contributed by atoms with Crippen molar-refractivity contribution in [1.29, 1.82) is 0 Å². The third-order valence-corrected chi connectivity index (χ3v) is 7.21. The molecule has 2 N–H and O–H groups in total. The van der Waals surface area contributed by atoms with Gasteiger partial charge in [0.25, 0.3) is 0 Å². The zero-order chi connectivity index (χ0) is 19.2. The number of benzene rings is 1. The van der Waals surface area contributed by atoms with Crippen molar-refractivity contribution in [3.8, 4) is 0 Å². The normalized spacial score (nSPS) is 32.2. The van der Waals surface area contributed by atoms with Crippen LogP contribution in [-0.2, 0) is 9.59 Å². The molecule has 4 heteroatoms. The largest absolute Gasteiger partial charge is 0.348 e. The molecule has 27 heavy (non-hydrogen) atoms. The Hall–Kier alpha value is -1.84. The Morgan fingerprint density at radius 3 is 2.26 bits per heavy atom. The van der Waals surface area contributed by atoms with Crippen LogP contribution in [0, 0.1) is 37.0 Å². The fraction of sp³-hybridized carbons (Fsp3) is 0.652. The van der Waals surface area contributed by atoms with Gasteiger partial charge in [0.05, 0.1) is 12.6 Å². The molecule has 0 saturated heterocycles. The van der Waals surface area contributed by atoms with Crippen molar-refractivity contribution in [2.75, 3.05) is 6.54 Å². The van der Waals surface area contributed by atoms with Crippen molar-refractivity contribution in [3.05, 3.63) is 34.9 Å². The number of aryl methyl sites for hydroxylation is 2. The van der Waals surface area contributed by atoms with E-state index in [0.717, 1.165) is 42.6 Å². The summed E-state index contributed by atoms with van der Waals surface area (Å²) in [6.07, 6.45) is 7.06. The number of carbonyl (C=O) groups excluding carboxylic acids is 2. The molecule has 2 amide bonds. The third kappa shape index (κ3) is 3.63. The van der Waals surface area contributed by atoms with Crippen LogP contribution in [0.1, 0.15) is 68.2 Å². The van der Waals surface area contributed by atoms with Gasteiger partial charge < -0.3 is 10.6 Å². The van der Waals surface area contributed by atoms with Crippen LogP contribution in [0.25, 0.3) is 0 Å². The van der Waals surface area contributed by atoms with Crippen LogP contribution < -0.4 is 10.6 Å². The first-order valence-electron chi connectivity index (χ1n) is 10.5. The van der Waals surface area contributed by atoms with E-state index < -0.39 is 0 Å². The van der Waals surface area contributed by atoms with Gasteiger partial charge in [0.15, 0.2) is 0 Å². The lowest BCUT2D eigenvalue weighted by molar-refractivity contribution is -0.147. The van der Waals surface area contributed by atoms with E-state index in [2.05, 4.69) is 42.7 Å². The fourth-order valence-electron chi connectivity index (χ4n) is 6.33. The quantitative estimate of drug-likeness (QED) is 0.830. The number of carbonyl (C=O) groups is 2. The van der Waals surface area contributed by atoms with Crippen LogP contribution in [0.2, 0.25) is 0 Å². The van der Waals surface area contributed by atoms with E-state index in [1.54, 1.807) is 0 Å². The molecule has 4 aliphatic rings. The van der Waals surface area contributed by atoms with Gasteiger partial charge in [0.1, 0.15) is 0 Å². The van der Waals surface area contributed by atoms with Crippen molar-refractivity contribution >= 4 is 11.8 Å². The van der Waals surface area contributed by atoms with Crippen LogP contribution in [0.5, 0.6) is 0 Å². The monoisotopic (exact) mass is 368 g/mol. The Morgan fingerprint density at radius 2 is 1.67 bits per heavy atom. The van der Waals surface area contributed by atoms with E-state index in [1.807, 2.05) is 6.92 Å². The Kier molecular flexibility index (Phi) is 4.77. The lowest BCUT2D eigenvalue weighted by atomic mass is 9.49. The molecule has 1 atom stereocenters. The minimum Gasteiger partial charge on any atom is -0.348 e. The van der Waals surface area contributed by atoms with Gasteiger partial charge in [-0.2, -0.15) is 0 Å². The average molecular weight is 369 g/mol. The second-order valence-electron chi connectivity index (χ2n) is 9.53. The summed E-state index contributed by atoms with van der Waals surface area (Å²) in [6.45, 7) is 6.20. The smallest absolute Gasteiger partial charge is 0.239 e. The van der Waals surface area contributed by atoms with Gasteiger partial charge in [-0.15, -0.1) is 0 Å². The molecule has 0 spiro atoms. The lowest BCUT2D eigenvalue weighted by Gasteiger charge is -2.55. The Bertz CT molecular complexity index is 719. The van der Waals surface area contributed by atoms with Crippen molar-refractivity contribution in [2.24, 2.45) is 23.2 Å². The summed E-state index contributed by atoms with van der Waals surface area (Å²) in [5.74, 6) is 2.22. The van der Waals surface area contributed by atoms with Gasteiger partial charge in [-0.05, 0) is 88.2 Å². The average Bonchev–Trinajstić information content (AvgIpc) is 2.60. The summed E-state index contributed by atoms with van der Waals surface area (Å²) in [7, 11) is 0. The molecule has 0 aliphatic heterocycles. The maximum atomic E-state index is 13.0. The molecule has 4 fully saturated rings. The molecule has 0 heterocycles. The zero-order valence-electron chi connectivity index (χ0n) is 16.8. The highest BCUT2D eigenvalue weighted by atomic mass is 16.2. The fourth-order valence-corrected chi connectivity index (χ4v) is 6.33. The summed E-state index contributed by atoms with van der Waals surface area (Å²) in [4.78, 5) is 25.4. The van der Waals surface area contributed by atoms with Gasteiger partial charge >= 0.3 is 0 Å². The van der Waals surface area contributed by atoms with Crippen molar-refractivity contribution in [1.82, 2.24) is 10.6 Å². The molecular weight excluding hydrogens is 336 g/mol. The summed E-state index contributed by atoms with van der Waals surface area (Å²) in [5, 5.41) is 6.01. The summed E-state index contributed by atoms with van der Waals surface area (Å²) < 4.78 is 0. The Labute approximate surface area is 162 Å². The highest BCUT2D eigenvalue weighted by molar-refractivity contribution is 5.88. The predicted molar refractivity (Wildman–Crippen MR) is 106 cm³/mol. The molecule has 4 saturated carbocycles. The number of nitrogens with one attached hydrogen (secondary N) is 2. The molecular formula is C23H32N2O2. The van der Waals surface area contributed by atoms with Crippen molar-refractivity contribution in [3.63, 3.8) is 0 Å². The minimum atomic E-state index is -0.187. The van der Waals surface area contributed by atoms with Crippen LogP contribution in [0.15, 0.2) is 18.2 Å². The van der Waals surface area contributed by atoms with Crippen LogP contribution in [0.3, 0.4) is 0 Å². The lowest BCUT2D eigenvalue weighted by Crippen LogP contribution is -2.54. The second kappa shape index (κ2) is 6.96. The number of amides is 2. The molecule has 146 valence electrons. The number of rotatable bonds is 5. The van der Waals surface area contributed by atoms with E-state index >= 15 is 0 Å². The highest BCUT2D eigenvalue weighted by Crippen LogP contribution is 2.60. The van der Waals surface area contributed by atoms with E-state index in [-0.39, 0.29) is 29.8 Å². The van der Waals surface area contributed by atoms with Crippen molar-refractivity contribution in [2.45, 2.75) is 65.3 Å². The molecule has 4 nitrogen and oxygen atoms in total. The number of hydrogen-bond donors (Lipinski definition) is 2. The molecule has 1 aromatic carbocycles. The van der Waals surface area contributed by atoms with Gasteiger partial charge in [-0.25, -0.2) is 0 Å². The maximum absolute atomic E-state index is 13.0. The second-order valence-corrected chi connectivity index (χ2v) is 9.53. The van der Waals surface area contributed by atoms with Crippen LogP contribution in [-0.4, -0.2) is 18.4 Å². The topological polar surface area (TPSA) is 58.2 Å². The van der Waals surface area contributed by atoms with E-state index in [4.69, 9.17) is 0 Å². The first kappa shape index (κ1) is 18.5. The van der Waals surface area contributed by atoms with E-state index in [0.29, 0.717) is 0 Å². The maximum Gasteiger partial charge on any atom is 0.239 e. The van der Waals surface area contributed by atoms with Gasteiger partial charge in [-0.3, -0.25) is 9.59 Å². The van der Waals surface area contributed by atoms with E-state index in [9.17, 15) is 9.59 Å². The highest BCUT2D eigenvalue weighted by Gasteiger charge is 2.54. The molecule has 0 aromatic heterocycles. The predicted octanol–water partition coefficient (Wildman–Crippen LogP) is 3.81. The van der Waals surface area contributed by atoms with E-state index in [1.165, 1.54) is 30.4 Å². The zero-order valence-corrected chi connectivity index (χ0v) is 16.8. The first-order valence-corrected chi connectivity index (χ1v) is 10.5. The Morgan fingerprint density at radius 1 is 1.07 bits per heavy atom. The van der Waals surface area contributed by atoms with Crippen molar-refractivity contribution < 1.29 is 9.59 Å². The molecule has 4 bridgehead atoms. The summed E-state index contributed by atoms with van der Waals surface area (Å²) in [6, 6.07) is 6.23. The molecule has 0 radical (unpaired) electrons. The molecule has 4 aliphatic carbocycles. The van der Waals surface area contributed by atoms with Gasteiger partial charge in [-0.1, -0.05) is 23.8 Å². The Balaban J connectivity index is 1.33. The summed E-state index contributed by atoms with van der Waals surface area (Å²) >= 11 is 0. The molecule has 1 unspecified atom stereocenters. The molecule has 1 aromatic rings. The number of hydrogen-bond acceptors (Lipinski definition) is 2. The standard InChI is InChI=1S/C23H32N2O2/c1-14-4-5-15(2)20(6-14)16(3)25-21(26)13-24-22(27)23-10-17-7-18(11-23)9-19(8-17)12-23/h4-6,16-19H,7-13H2,1-3H3,(H,24,27)(H,25,26). The SMILES string of the molecule is Cc1ccc(C)c(C(C)NC(=O)CNC(=O)C23CC4CC(CC(C4)C2)C3)c1. The van der Waals surface area contributed by atoms with Crippen LogP contribution >= 0.6 is 0 Å². The first-order chi connectivity index (χ1) is 12.8. The summed E-state index contributed by atoms with van der Waals surface area (Å²) in [5.41, 5.74) is 3.31.